The van der Waals surface area contributed by atoms with E-state index >= 15 is 17.6 Å². The first kappa shape index (κ1) is 85.3. The number of carbonyl (C=O) groups excluding carboxylic acids is 12. The fraction of sp³-hybridized carbons (Fsp3) is 0.506. The van der Waals surface area contributed by atoms with E-state index in [2.05, 4.69) is 50.8 Å². The van der Waals surface area contributed by atoms with Gasteiger partial charge in [0.1, 0.15) is 35.0 Å². The summed E-state index contributed by atoms with van der Waals surface area (Å²) >= 11 is 0. The number of nitrogens with zero attached hydrogens (tertiary/aromatic N) is 16. The molecule has 12 aliphatic rings. The molecule has 2 aliphatic carbocycles. The number of hydrogen-bond donors (Lipinski definition) is 4. The van der Waals surface area contributed by atoms with Gasteiger partial charge < -0.3 is 59.3 Å². The van der Waals surface area contributed by atoms with Crippen molar-refractivity contribution in [2.24, 2.45) is 17.8 Å². The second kappa shape index (κ2) is 34.7. The van der Waals surface area contributed by atoms with Crippen molar-refractivity contribution in [3.8, 4) is 11.5 Å². The molecule has 12 heterocycles. The molecule has 4 unspecified atom stereocenters. The van der Waals surface area contributed by atoms with Crippen LogP contribution in [0.15, 0.2) is 85.2 Å². The normalized spacial score (nSPS) is 23.4. The Bertz CT molecular complexity index is 5450. The lowest BCUT2D eigenvalue weighted by molar-refractivity contribution is -0.141. The SMILES string of the molecule is COc1cc(C(=O)N2CCC(CN3CCN(c4ccc5c(c4)C(=O)N(C4CCC(=O)NC4=O)C5=O)CC3)CC2)ccc1Nc1ncc2c(n1)N(C1CCC(CN3C(=O)C(F)(F)CN(C4CCCC4)c4nc(Nc5ccc(C(=O)N6CCC(CCN7CCN(c8ccc9c(c8)C(=O)N(C8CCC(=O)NC8=O)C9=O)CC7)CC6)cc5OC)ncc43)C1)CC(F)(F)C(=O)N2C. The van der Waals surface area contributed by atoms with Crippen molar-refractivity contribution in [3.63, 3.8) is 0 Å². The molecule has 668 valence electrons. The first-order valence-corrected chi connectivity index (χ1v) is 43.9. The molecule has 4 aromatic carbocycles. The van der Waals surface area contributed by atoms with Gasteiger partial charge in [-0.05, 0) is 174 Å². The standard InChI is InChI=1S/C89H100F4N20O14/c1-102-68-45-94-86(96-64-16-10-55(42-70(64)126-2)79(119)108-30-25-52(26-31-108)47-104-34-38-106(39-35-104)58-13-15-61-63(44-58)83(123)113(81(61)121)67-19-21-73(115)99-77(67)117)100-74(68)111(49-88(90,91)84(102)124)59-11-8-53(40-59)48-109-69-46-95-87(101-75(69)110(56-6-4-5-7-56)50-89(92,93)85(109)125)97-65-17-9-54(41-71(65)127-3)78(118)107-28-23-51(24-29-107)22-27-103-32-36-105(37-33-103)57-12-14-60-62(43-57)82(122)112(80(60)120)66-18-20-72(114)98-76(66)116/h9-10,12-17,41-46,51-53,56,59,66-67H,4-8,11,18-40,47-50H2,1-3H3,(H,94,96,100)(H,95,97,101)(H,98,114,116)(H,99,115,117). The van der Waals surface area contributed by atoms with Gasteiger partial charge in [-0.3, -0.25) is 87.8 Å². The van der Waals surface area contributed by atoms with E-state index in [4.69, 9.17) is 19.4 Å². The van der Waals surface area contributed by atoms with Crippen LogP contribution in [-0.4, -0.2) is 289 Å². The van der Waals surface area contributed by atoms with Gasteiger partial charge in [0.05, 0.1) is 73.3 Å². The van der Waals surface area contributed by atoms with E-state index in [9.17, 15) is 57.5 Å². The number of imide groups is 4. The van der Waals surface area contributed by atoms with Crippen molar-refractivity contribution < 1.29 is 84.6 Å². The van der Waals surface area contributed by atoms with Crippen LogP contribution in [0, 0.1) is 17.8 Å². The van der Waals surface area contributed by atoms with E-state index in [0.717, 1.165) is 115 Å². The zero-order valence-corrected chi connectivity index (χ0v) is 70.8. The molecule has 12 amide bonds. The highest BCUT2D eigenvalue weighted by Crippen LogP contribution is 2.47. The van der Waals surface area contributed by atoms with Crippen LogP contribution < -0.4 is 60.1 Å². The summed E-state index contributed by atoms with van der Waals surface area (Å²) in [6.07, 6.45) is 10.3. The third-order valence-electron chi connectivity index (χ3n) is 27.7. The Labute approximate surface area is 728 Å². The smallest absolute Gasteiger partial charge is 0.342 e. The second-order valence-corrected chi connectivity index (χ2v) is 35.3. The van der Waals surface area contributed by atoms with Crippen LogP contribution in [0.2, 0.25) is 0 Å². The van der Waals surface area contributed by atoms with Crippen molar-refractivity contribution in [1.82, 2.24) is 60.0 Å². The van der Waals surface area contributed by atoms with Gasteiger partial charge in [0.25, 0.3) is 47.3 Å². The van der Waals surface area contributed by atoms with E-state index in [0.29, 0.717) is 106 Å². The highest BCUT2D eigenvalue weighted by atomic mass is 19.3. The van der Waals surface area contributed by atoms with Gasteiger partial charge in [-0.25, -0.2) is 9.97 Å². The summed E-state index contributed by atoms with van der Waals surface area (Å²) in [6.45, 7) is 7.40. The number of anilines is 10. The number of halogens is 4. The highest BCUT2D eigenvalue weighted by molar-refractivity contribution is 6.25. The minimum atomic E-state index is -3.92. The molecule has 6 saturated heterocycles. The third kappa shape index (κ3) is 16.7. The van der Waals surface area contributed by atoms with Crippen LogP contribution in [0.3, 0.4) is 0 Å². The predicted molar refractivity (Wildman–Crippen MR) is 456 cm³/mol. The lowest BCUT2D eigenvalue weighted by atomic mass is 9.93. The summed E-state index contributed by atoms with van der Waals surface area (Å²) in [5.74, 6) is -14.7. The molecule has 38 heteroatoms. The molecule has 0 bridgehead atoms. The molecule has 34 nitrogen and oxygen atoms in total. The molecule has 4 atom stereocenters. The first-order chi connectivity index (χ1) is 61.1. The molecule has 10 aliphatic heterocycles. The summed E-state index contributed by atoms with van der Waals surface area (Å²) in [7, 11) is 4.11. The molecule has 6 aromatic rings. The van der Waals surface area contributed by atoms with Crippen LogP contribution in [0.25, 0.3) is 0 Å². The number of aromatic nitrogens is 4. The summed E-state index contributed by atoms with van der Waals surface area (Å²) in [5, 5.41) is 10.8. The number of ether oxygens (including phenoxy) is 2. The minimum Gasteiger partial charge on any atom is -0.495 e. The number of rotatable bonds is 21. The number of amides is 12. The maximum atomic E-state index is 16.8. The Balaban J connectivity index is 0.484. The quantitative estimate of drug-likeness (QED) is 0.0404. The number of fused-ring (bicyclic) bond motifs is 4. The summed E-state index contributed by atoms with van der Waals surface area (Å²) in [4.78, 5) is 197. The Hall–Kier alpha value is -12.5. The van der Waals surface area contributed by atoms with Crippen molar-refractivity contribution in [1.29, 1.82) is 0 Å². The minimum absolute atomic E-state index is 0.00145. The van der Waals surface area contributed by atoms with E-state index in [1.807, 2.05) is 21.9 Å². The van der Waals surface area contributed by atoms with Crippen LogP contribution in [0.1, 0.15) is 165 Å². The van der Waals surface area contributed by atoms with Crippen LogP contribution in [0.5, 0.6) is 11.5 Å². The number of piperazine rings is 2. The number of piperidine rings is 4. The summed E-state index contributed by atoms with van der Waals surface area (Å²) < 4.78 is 78.1. The average Bonchev–Trinajstić information content (AvgIpc) is 1.62. The first-order valence-electron chi connectivity index (χ1n) is 43.9. The number of alkyl halides is 4. The Morgan fingerprint density at radius 1 is 0.480 bits per heavy atom. The molecule has 8 fully saturated rings. The monoisotopic (exact) mass is 1750 g/mol. The number of carbonyl (C=O) groups is 12. The average molecular weight is 1750 g/mol. The van der Waals surface area contributed by atoms with Gasteiger partial charge in [-0.1, -0.05) is 12.8 Å². The van der Waals surface area contributed by atoms with Crippen molar-refractivity contribution in [2.45, 2.75) is 139 Å². The molecule has 0 spiro atoms. The molecule has 4 N–H and O–H groups in total. The molecule has 2 aromatic heterocycles. The third-order valence-corrected chi connectivity index (χ3v) is 27.7. The number of methoxy groups -OCH3 is 2. The molecular formula is C89H100F4N20O14. The lowest BCUT2D eigenvalue weighted by Crippen LogP contribution is -2.54. The number of hydrogen-bond acceptors (Lipinski definition) is 26. The van der Waals surface area contributed by atoms with E-state index in [-0.39, 0.29) is 132 Å². The van der Waals surface area contributed by atoms with Gasteiger partial charge in [0.2, 0.25) is 35.5 Å². The van der Waals surface area contributed by atoms with Gasteiger partial charge in [0, 0.05) is 146 Å². The van der Waals surface area contributed by atoms with Gasteiger partial charge in [-0.15, -0.1) is 0 Å². The van der Waals surface area contributed by atoms with E-state index < -0.39 is 108 Å². The van der Waals surface area contributed by atoms with Crippen molar-refractivity contribution >= 4 is 129 Å². The Morgan fingerprint density at radius 3 is 1.45 bits per heavy atom. The predicted octanol–water partition coefficient (Wildman–Crippen LogP) is 7.33. The highest BCUT2D eigenvalue weighted by Gasteiger charge is 2.54. The van der Waals surface area contributed by atoms with Crippen LogP contribution in [0.4, 0.5) is 75.2 Å². The molecule has 0 radical (unpaired) electrons. The number of likely N-dealkylation sites (tertiary alicyclic amines) is 2. The van der Waals surface area contributed by atoms with Gasteiger partial charge >= 0.3 is 11.8 Å². The Kier molecular flexibility index (Phi) is 23.3. The maximum absolute atomic E-state index is 16.8. The van der Waals surface area contributed by atoms with Crippen LogP contribution >= 0.6 is 0 Å². The molecule has 2 saturated carbocycles. The van der Waals surface area contributed by atoms with Gasteiger partial charge in [0.15, 0.2) is 11.6 Å². The van der Waals surface area contributed by atoms with E-state index in [1.54, 1.807) is 60.7 Å². The van der Waals surface area contributed by atoms with Crippen LogP contribution in [-0.2, 0) is 28.8 Å². The van der Waals surface area contributed by atoms with Gasteiger partial charge in [-0.2, -0.15) is 27.5 Å². The molecule has 127 heavy (non-hydrogen) atoms. The van der Waals surface area contributed by atoms with Crippen molar-refractivity contribution in [3.05, 3.63) is 119 Å². The Morgan fingerprint density at radius 2 is 0.945 bits per heavy atom. The zero-order chi connectivity index (χ0) is 88.6. The number of nitrogens with one attached hydrogen (secondary N) is 4. The molecule has 18 rings (SSSR count). The van der Waals surface area contributed by atoms with E-state index in [1.165, 1.54) is 43.5 Å². The second-order valence-electron chi connectivity index (χ2n) is 35.3. The summed E-state index contributed by atoms with van der Waals surface area (Å²) in [5.41, 5.74) is 4.06. The largest absolute Gasteiger partial charge is 0.495 e. The molecular weight excluding hydrogens is 1650 g/mol. The lowest BCUT2D eigenvalue weighted by Gasteiger charge is -2.39. The summed E-state index contributed by atoms with van der Waals surface area (Å²) in [6, 6.07) is 17.0. The fourth-order valence-corrected chi connectivity index (χ4v) is 20.5. The maximum Gasteiger partial charge on any atom is 0.342 e. The fourth-order valence-electron chi connectivity index (χ4n) is 20.5. The topological polar surface area (TPSA) is 362 Å². The van der Waals surface area contributed by atoms with Crippen molar-refractivity contribution in [2.75, 3.05) is 173 Å². The number of benzene rings is 4. The zero-order valence-electron chi connectivity index (χ0n) is 70.8.